The van der Waals surface area contributed by atoms with E-state index in [1.807, 2.05) is 0 Å². The van der Waals surface area contributed by atoms with Crippen LogP contribution in [-0.4, -0.2) is 15.3 Å². The molecule has 3 N–H and O–H groups in total. The molecule has 0 spiro atoms. The van der Waals surface area contributed by atoms with Crippen LogP contribution in [0.4, 0.5) is 0 Å². The van der Waals surface area contributed by atoms with Gasteiger partial charge in [-0.2, -0.15) is 0 Å². The molecule has 42 heavy (non-hydrogen) atoms. The molecule has 1 aliphatic rings. The Balaban J connectivity index is 1.30. The monoisotopic (exact) mass is 564 g/mol. The molecule has 3 aromatic heterocycles. The van der Waals surface area contributed by atoms with Crippen molar-refractivity contribution in [2.24, 2.45) is 0 Å². The van der Waals surface area contributed by atoms with Gasteiger partial charge in [0.2, 0.25) is 6.29 Å². The summed E-state index contributed by atoms with van der Waals surface area (Å²) >= 11 is 0. The minimum atomic E-state index is -1.44. The summed E-state index contributed by atoms with van der Waals surface area (Å²) in [5.41, 5.74) is 0.854. The molecule has 0 radical (unpaired) electrons. The summed E-state index contributed by atoms with van der Waals surface area (Å²) < 4.78 is 21.8. The first-order chi connectivity index (χ1) is 20.2. The van der Waals surface area contributed by atoms with Crippen molar-refractivity contribution in [2.75, 3.05) is 0 Å². The molecule has 3 aromatic carbocycles. The largest absolute Gasteiger partial charge is 0.507 e. The summed E-state index contributed by atoms with van der Waals surface area (Å²) in [5, 5.41) is 32.3. The minimum absolute atomic E-state index is 0.0307. The summed E-state index contributed by atoms with van der Waals surface area (Å²) in [6.45, 7) is 0. The van der Waals surface area contributed by atoms with E-state index in [4.69, 9.17) is 18.0 Å². The number of rotatable bonds is 4. The van der Waals surface area contributed by atoms with Crippen LogP contribution in [0.15, 0.2) is 100 Å². The summed E-state index contributed by atoms with van der Waals surface area (Å²) in [6, 6.07) is 18.2. The molecular formula is C32H20O10. The number of aliphatic hydroxyl groups excluding tert-OH is 1. The first kappa shape index (κ1) is 25.4. The number of ether oxygens (including phenoxy) is 1. The quantitative estimate of drug-likeness (QED) is 0.260. The summed E-state index contributed by atoms with van der Waals surface area (Å²) in [6.07, 6.45) is -1.28. The lowest BCUT2D eigenvalue weighted by atomic mass is 9.95. The lowest BCUT2D eigenvalue weighted by molar-refractivity contribution is -0.0232. The van der Waals surface area contributed by atoms with Crippen LogP contribution < -0.4 is 21.6 Å². The molecule has 1 atom stereocenters. The normalized spacial score (nSPS) is 14.0. The van der Waals surface area contributed by atoms with E-state index in [9.17, 15) is 29.7 Å². The van der Waals surface area contributed by atoms with E-state index < -0.39 is 23.2 Å². The molecule has 0 fully saturated rings. The second kappa shape index (κ2) is 9.50. The van der Waals surface area contributed by atoms with Gasteiger partial charge < -0.3 is 33.3 Å². The first-order valence-corrected chi connectivity index (χ1v) is 12.9. The van der Waals surface area contributed by atoms with E-state index in [1.54, 1.807) is 30.3 Å². The van der Waals surface area contributed by atoms with Crippen molar-refractivity contribution in [3.8, 4) is 28.6 Å². The topological polar surface area (TPSA) is 161 Å². The fourth-order valence-corrected chi connectivity index (χ4v) is 5.46. The molecule has 1 aliphatic heterocycles. The van der Waals surface area contributed by atoms with Gasteiger partial charge in [-0.15, -0.1) is 0 Å². The van der Waals surface area contributed by atoms with Crippen molar-refractivity contribution in [2.45, 2.75) is 19.1 Å². The number of hydrogen-bond donors (Lipinski definition) is 3. The molecule has 0 saturated heterocycles. The SMILES string of the molecule is O=c1cc(Cc2ccc3c(c2)-c2oc(=O)c(Cc4cc(=O)oc5cccc(O)c45)cc2C(O)O3)c2c(O)cccc2o1. The molecule has 10 heteroatoms. The molecule has 0 saturated carbocycles. The number of aliphatic hydroxyl groups is 1. The molecule has 10 nitrogen and oxygen atoms in total. The Bertz CT molecular complexity index is 2240. The van der Waals surface area contributed by atoms with E-state index in [0.29, 0.717) is 27.6 Å². The van der Waals surface area contributed by atoms with Gasteiger partial charge in [0, 0.05) is 24.1 Å². The number of phenolic OH excluding ortho intramolecular Hbond substituents is 2. The van der Waals surface area contributed by atoms with Crippen LogP contribution in [0.25, 0.3) is 33.3 Å². The lowest BCUT2D eigenvalue weighted by Gasteiger charge is -2.24. The van der Waals surface area contributed by atoms with Crippen molar-refractivity contribution >= 4 is 21.9 Å². The van der Waals surface area contributed by atoms with Crippen LogP contribution in [0, 0.1) is 0 Å². The highest BCUT2D eigenvalue weighted by Crippen LogP contribution is 2.42. The highest BCUT2D eigenvalue weighted by Gasteiger charge is 2.29. The fourth-order valence-electron chi connectivity index (χ4n) is 5.46. The van der Waals surface area contributed by atoms with E-state index in [2.05, 4.69) is 0 Å². The number of phenols is 2. The van der Waals surface area contributed by atoms with Crippen molar-refractivity contribution in [3.05, 3.63) is 132 Å². The number of hydrogen-bond acceptors (Lipinski definition) is 10. The van der Waals surface area contributed by atoms with Crippen LogP contribution in [0.5, 0.6) is 17.2 Å². The van der Waals surface area contributed by atoms with Crippen LogP contribution in [0.1, 0.15) is 34.1 Å². The second-order valence-electron chi connectivity index (χ2n) is 9.98. The molecule has 7 rings (SSSR count). The lowest BCUT2D eigenvalue weighted by Crippen LogP contribution is -2.19. The zero-order valence-electron chi connectivity index (χ0n) is 21.6. The van der Waals surface area contributed by atoms with Gasteiger partial charge >= 0.3 is 16.9 Å². The average Bonchev–Trinajstić information content (AvgIpc) is 2.94. The van der Waals surface area contributed by atoms with Crippen LogP contribution >= 0.6 is 0 Å². The Kier molecular flexibility index (Phi) is 5.73. The van der Waals surface area contributed by atoms with Crippen molar-refractivity contribution in [3.63, 3.8) is 0 Å². The van der Waals surface area contributed by atoms with Gasteiger partial charge in [-0.1, -0.05) is 18.2 Å². The van der Waals surface area contributed by atoms with Gasteiger partial charge in [-0.25, -0.2) is 14.4 Å². The van der Waals surface area contributed by atoms with Gasteiger partial charge in [0.05, 0.1) is 21.9 Å². The maximum Gasteiger partial charge on any atom is 0.339 e. The van der Waals surface area contributed by atoms with E-state index in [1.165, 1.54) is 42.5 Å². The van der Waals surface area contributed by atoms with E-state index in [0.717, 1.165) is 0 Å². The average molecular weight is 565 g/mol. The molecule has 4 heterocycles. The molecule has 1 unspecified atom stereocenters. The van der Waals surface area contributed by atoms with Gasteiger partial charge in [0.1, 0.15) is 28.4 Å². The molecule has 6 aromatic rings. The van der Waals surface area contributed by atoms with E-state index >= 15 is 0 Å². The molecule has 0 aliphatic carbocycles. The molecule has 0 amide bonds. The minimum Gasteiger partial charge on any atom is -0.507 e. The second-order valence-corrected chi connectivity index (χ2v) is 9.98. The third kappa shape index (κ3) is 4.21. The number of aromatic hydroxyl groups is 2. The summed E-state index contributed by atoms with van der Waals surface area (Å²) in [7, 11) is 0. The maximum atomic E-state index is 13.2. The van der Waals surface area contributed by atoms with Crippen molar-refractivity contribution < 1.29 is 33.3 Å². The number of fused-ring (bicyclic) bond motifs is 5. The van der Waals surface area contributed by atoms with Crippen LogP contribution in [-0.2, 0) is 12.8 Å². The third-order valence-electron chi connectivity index (χ3n) is 7.27. The Hall–Kier alpha value is -5.61. The predicted octanol–water partition coefficient (Wildman–Crippen LogP) is 4.50. The number of benzene rings is 3. The molecular weight excluding hydrogens is 544 g/mol. The van der Waals surface area contributed by atoms with E-state index in [-0.39, 0.29) is 63.5 Å². The fraction of sp³-hybridized carbons (Fsp3) is 0.0938. The Labute approximate surface area is 234 Å². The molecule has 208 valence electrons. The standard InChI is InChI=1S/C32H20O10/c33-21-3-1-5-24-28(21)16(13-26(35)39-24)9-15-7-8-23-19(10-15)30-20(32(38)41-23)12-18(31(37)42-30)11-17-14-27(36)40-25-6-2-4-22(34)29(17)25/h1-8,10,12-14,32-34,38H,9,11H2. The maximum absolute atomic E-state index is 13.2. The predicted molar refractivity (Wildman–Crippen MR) is 150 cm³/mol. The Morgan fingerprint density at radius 2 is 1.29 bits per heavy atom. The molecule has 0 bridgehead atoms. The van der Waals surface area contributed by atoms with Gasteiger partial charge in [-0.05, 0) is 65.6 Å². The smallest absolute Gasteiger partial charge is 0.339 e. The Morgan fingerprint density at radius 1 is 0.667 bits per heavy atom. The van der Waals surface area contributed by atoms with Crippen LogP contribution in [0.3, 0.4) is 0 Å². The summed E-state index contributed by atoms with van der Waals surface area (Å²) in [4.78, 5) is 37.5. The zero-order valence-corrected chi connectivity index (χ0v) is 21.6. The highest BCUT2D eigenvalue weighted by atomic mass is 16.6. The highest BCUT2D eigenvalue weighted by molar-refractivity contribution is 5.87. The van der Waals surface area contributed by atoms with Gasteiger partial charge in [0.15, 0.2) is 5.76 Å². The summed E-state index contributed by atoms with van der Waals surface area (Å²) in [5.74, 6) is 0.249. The van der Waals surface area contributed by atoms with Crippen molar-refractivity contribution in [1.29, 1.82) is 0 Å². The Morgan fingerprint density at radius 3 is 1.93 bits per heavy atom. The van der Waals surface area contributed by atoms with Crippen LogP contribution in [0.2, 0.25) is 0 Å². The van der Waals surface area contributed by atoms with Gasteiger partial charge in [-0.3, -0.25) is 0 Å². The third-order valence-corrected chi connectivity index (χ3v) is 7.27. The first-order valence-electron chi connectivity index (χ1n) is 12.9. The zero-order chi connectivity index (χ0) is 29.1. The van der Waals surface area contributed by atoms with Gasteiger partial charge in [0.25, 0.3) is 0 Å². The van der Waals surface area contributed by atoms with Crippen molar-refractivity contribution in [1.82, 2.24) is 0 Å².